The van der Waals surface area contributed by atoms with Gasteiger partial charge in [0.15, 0.2) is 11.9 Å². The lowest BCUT2D eigenvalue weighted by atomic mass is 9.74. The van der Waals surface area contributed by atoms with Crippen molar-refractivity contribution in [3.8, 4) is 6.07 Å². The average molecular weight is 339 g/mol. The number of allylic oxidation sites excluding steroid dienone is 2. The fourth-order valence-electron chi connectivity index (χ4n) is 3.36. The van der Waals surface area contributed by atoms with Gasteiger partial charge in [0.1, 0.15) is 11.8 Å². The second kappa shape index (κ2) is 5.74. The monoisotopic (exact) mass is 339 g/mol. The largest absolute Gasteiger partial charge is 0.483 e. The molecule has 1 atom stereocenters. The van der Waals surface area contributed by atoms with E-state index in [9.17, 15) is 20.2 Å². The second-order valence-corrected chi connectivity index (χ2v) is 6.99. The highest BCUT2D eigenvalue weighted by atomic mass is 16.6. The molecule has 1 unspecified atom stereocenters. The predicted octanol–water partition coefficient (Wildman–Crippen LogP) is 3.05. The summed E-state index contributed by atoms with van der Waals surface area (Å²) >= 11 is 0. The van der Waals surface area contributed by atoms with E-state index in [-0.39, 0.29) is 39.3 Å². The van der Waals surface area contributed by atoms with Crippen molar-refractivity contribution in [1.82, 2.24) is 0 Å². The van der Waals surface area contributed by atoms with Gasteiger partial charge in [0.05, 0.1) is 27.3 Å². The van der Waals surface area contributed by atoms with Gasteiger partial charge in [-0.15, -0.1) is 0 Å². The summed E-state index contributed by atoms with van der Waals surface area (Å²) in [5.41, 5.74) is 6.23. The van der Waals surface area contributed by atoms with Crippen molar-refractivity contribution in [2.45, 2.75) is 32.8 Å². The number of para-hydroxylation sites is 1. The number of nitrogens with zero attached hydrogens (tertiary/aromatic N) is 2. The molecule has 0 radical (unpaired) electrons. The molecule has 3 rings (SSSR count). The predicted molar refractivity (Wildman–Crippen MR) is 88.8 cm³/mol. The molecule has 7 nitrogen and oxygen atoms in total. The highest BCUT2D eigenvalue weighted by Crippen LogP contribution is 2.47. The number of nitriles is 1. The summed E-state index contributed by atoms with van der Waals surface area (Å²) < 4.78 is 5.94. The van der Waals surface area contributed by atoms with Crippen molar-refractivity contribution in [3.63, 3.8) is 0 Å². The molecule has 0 bridgehead atoms. The molecule has 0 amide bonds. The van der Waals surface area contributed by atoms with Gasteiger partial charge in [-0.05, 0) is 11.5 Å². The van der Waals surface area contributed by atoms with Crippen LogP contribution in [0.5, 0.6) is 0 Å². The Hall–Kier alpha value is -3.14. The zero-order valence-corrected chi connectivity index (χ0v) is 13.9. The summed E-state index contributed by atoms with van der Waals surface area (Å²) in [6.45, 7) is 3.88. The number of ether oxygens (including phenoxy) is 1. The molecular weight excluding hydrogens is 322 g/mol. The summed E-state index contributed by atoms with van der Waals surface area (Å²) in [5, 5.41) is 20.9. The van der Waals surface area contributed by atoms with Gasteiger partial charge in [-0.3, -0.25) is 14.9 Å². The Labute approximate surface area is 144 Å². The smallest absolute Gasteiger partial charge is 0.276 e. The number of hydrogen-bond acceptors (Lipinski definition) is 6. The average Bonchev–Trinajstić information content (AvgIpc) is 2.52. The molecule has 1 aliphatic heterocycles. The van der Waals surface area contributed by atoms with Crippen LogP contribution in [0.3, 0.4) is 0 Å². The van der Waals surface area contributed by atoms with Gasteiger partial charge in [0.2, 0.25) is 0 Å². The van der Waals surface area contributed by atoms with Crippen LogP contribution >= 0.6 is 0 Å². The molecule has 1 aliphatic carbocycles. The van der Waals surface area contributed by atoms with E-state index >= 15 is 0 Å². The van der Waals surface area contributed by atoms with Crippen molar-refractivity contribution in [1.29, 1.82) is 5.26 Å². The summed E-state index contributed by atoms with van der Waals surface area (Å²) in [7, 11) is 0. The van der Waals surface area contributed by atoms with E-state index < -0.39 is 11.0 Å². The highest BCUT2D eigenvalue weighted by Gasteiger charge is 2.42. The van der Waals surface area contributed by atoms with Crippen LogP contribution < -0.4 is 5.73 Å². The minimum absolute atomic E-state index is 0.0288. The molecule has 25 heavy (non-hydrogen) atoms. The molecule has 0 fully saturated rings. The van der Waals surface area contributed by atoms with Crippen LogP contribution in [0.15, 0.2) is 46.9 Å². The van der Waals surface area contributed by atoms with Gasteiger partial charge in [0, 0.05) is 18.9 Å². The van der Waals surface area contributed by atoms with Crippen molar-refractivity contribution in [2.24, 2.45) is 11.1 Å². The van der Waals surface area contributed by atoms with Crippen LogP contribution in [-0.2, 0) is 9.53 Å². The lowest BCUT2D eigenvalue weighted by Gasteiger charge is -2.36. The van der Waals surface area contributed by atoms with Gasteiger partial charge >= 0.3 is 0 Å². The molecule has 2 aliphatic rings. The van der Waals surface area contributed by atoms with Crippen LogP contribution in [0.2, 0.25) is 0 Å². The molecule has 128 valence electrons. The van der Waals surface area contributed by atoms with Gasteiger partial charge in [-0.2, -0.15) is 5.26 Å². The summed E-state index contributed by atoms with van der Waals surface area (Å²) in [5.74, 6) is 0.235. The number of ketones is 1. The molecule has 0 saturated carbocycles. The number of nitro benzene ring substituents is 1. The van der Waals surface area contributed by atoms with E-state index in [0.29, 0.717) is 18.6 Å². The Morgan fingerprint density at radius 2 is 2.04 bits per heavy atom. The minimum atomic E-state index is -0.993. The maximum atomic E-state index is 12.5. The summed E-state index contributed by atoms with van der Waals surface area (Å²) in [6.07, 6.45) is -0.206. The van der Waals surface area contributed by atoms with Crippen LogP contribution in [0, 0.1) is 26.9 Å². The number of nitrogens with two attached hydrogens (primary N) is 1. The van der Waals surface area contributed by atoms with E-state index in [1.54, 1.807) is 12.1 Å². The molecule has 1 heterocycles. The van der Waals surface area contributed by atoms with E-state index in [1.165, 1.54) is 12.1 Å². The Bertz CT molecular complexity index is 890. The van der Waals surface area contributed by atoms with E-state index in [0.717, 1.165) is 0 Å². The first-order valence-corrected chi connectivity index (χ1v) is 7.81. The molecule has 2 N–H and O–H groups in total. The molecule has 1 aromatic carbocycles. The Balaban J connectivity index is 2.16. The van der Waals surface area contributed by atoms with Gasteiger partial charge < -0.3 is 10.5 Å². The fraction of sp³-hybridized carbons (Fsp3) is 0.333. The van der Waals surface area contributed by atoms with E-state index in [2.05, 4.69) is 0 Å². The maximum absolute atomic E-state index is 12.5. The van der Waals surface area contributed by atoms with Crippen LogP contribution in [0.4, 0.5) is 5.69 Å². The number of carbonyl (C=O) groups excluding carboxylic acids is 1. The number of benzene rings is 1. The quantitative estimate of drug-likeness (QED) is 0.653. The van der Waals surface area contributed by atoms with Crippen molar-refractivity contribution >= 4 is 11.5 Å². The lowest BCUT2D eigenvalue weighted by molar-refractivity contribution is -0.386. The lowest BCUT2D eigenvalue weighted by Crippen LogP contribution is -2.33. The Morgan fingerprint density at radius 3 is 2.68 bits per heavy atom. The van der Waals surface area contributed by atoms with Crippen molar-refractivity contribution in [3.05, 3.63) is 62.5 Å². The minimum Gasteiger partial charge on any atom is -0.483 e. The van der Waals surface area contributed by atoms with Crippen molar-refractivity contribution < 1.29 is 14.5 Å². The Morgan fingerprint density at radius 1 is 1.36 bits per heavy atom. The SMILES string of the molecule is CC1(C)CC(=O)C2=C(C1)OC(c1ccccc1[N+](=O)[O-])C(C#N)=C2N. The third-order valence-corrected chi connectivity index (χ3v) is 4.45. The van der Waals surface area contributed by atoms with E-state index in [1.807, 2.05) is 19.9 Å². The van der Waals surface area contributed by atoms with E-state index in [4.69, 9.17) is 10.5 Å². The molecule has 0 aromatic heterocycles. The number of carbonyl (C=O) groups is 1. The maximum Gasteiger partial charge on any atom is 0.276 e. The number of Topliss-reactive ketones (excluding diaryl/α,β-unsaturated/α-hetero) is 1. The van der Waals surface area contributed by atoms with Crippen molar-refractivity contribution in [2.75, 3.05) is 0 Å². The van der Waals surface area contributed by atoms with Crippen LogP contribution in [0.25, 0.3) is 0 Å². The molecule has 1 aromatic rings. The number of hydrogen-bond donors (Lipinski definition) is 1. The standard InChI is InChI=1S/C18H17N3O4/c1-18(2)7-13(22)15-14(8-18)25-17(11(9-19)16(15)20)10-5-3-4-6-12(10)21(23)24/h3-6,17H,7-8,20H2,1-2H3. The summed E-state index contributed by atoms with van der Waals surface area (Å²) in [6, 6.07) is 8.03. The third-order valence-electron chi connectivity index (χ3n) is 4.45. The molecule has 7 heteroatoms. The third kappa shape index (κ3) is 2.76. The highest BCUT2D eigenvalue weighted by molar-refractivity contribution is 6.01. The van der Waals surface area contributed by atoms with Crippen LogP contribution in [0.1, 0.15) is 38.4 Å². The molecular formula is C18H17N3O4. The first kappa shape index (κ1) is 16.7. The van der Waals surface area contributed by atoms with Gasteiger partial charge in [-0.25, -0.2) is 0 Å². The second-order valence-electron chi connectivity index (χ2n) is 6.99. The normalized spacial score (nSPS) is 22.1. The molecule has 0 spiro atoms. The number of rotatable bonds is 2. The van der Waals surface area contributed by atoms with Crippen LogP contribution in [-0.4, -0.2) is 10.7 Å². The summed E-state index contributed by atoms with van der Waals surface area (Å²) in [4.78, 5) is 23.3. The molecule has 0 saturated heterocycles. The van der Waals surface area contributed by atoms with Gasteiger partial charge in [0.25, 0.3) is 5.69 Å². The zero-order chi connectivity index (χ0) is 18.4. The first-order chi connectivity index (χ1) is 11.7. The van der Waals surface area contributed by atoms with Gasteiger partial charge in [-0.1, -0.05) is 26.0 Å². The zero-order valence-electron chi connectivity index (χ0n) is 13.9. The first-order valence-electron chi connectivity index (χ1n) is 7.81. The fourth-order valence-corrected chi connectivity index (χ4v) is 3.36. The topological polar surface area (TPSA) is 119 Å². The number of nitro groups is 1. The Kier molecular flexibility index (Phi) is 3.84.